The highest BCUT2D eigenvalue weighted by molar-refractivity contribution is 14.0. The average Bonchev–Trinajstić information content (AvgIpc) is 3.01. The molecule has 0 saturated carbocycles. The number of aryl methyl sites for hydroxylation is 1. The van der Waals surface area contributed by atoms with Gasteiger partial charge in [-0.15, -0.1) is 24.0 Å². The molecule has 1 aromatic carbocycles. The Balaban J connectivity index is 0.00000364. The van der Waals surface area contributed by atoms with Crippen LogP contribution >= 0.6 is 24.0 Å². The zero-order valence-electron chi connectivity index (χ0n) is 15.9. The Labute approximate surface area is 176 Å². The summed E-state index contributed by atoms with van der Waals surface area (Å²) >= 11 is 0. The van der Waals surface area contributed by atoms with Crippen LogP contribution in [0.15, 0.2) is 41.7 Å². The fourth-order valence-electron chi connectivity index (χ4n) is 2.43. The first kappa shape index (κ1) is 22.7. The van der Waals surface area contributed by atoms with E-state index in [9.17, 15) is 4.79 Å². The predicted molar refractivity (Wildman–Crippen MR) is 116 cm³/mol. The fourth-order valence-corrected chi connectivity index (χ4v) is 2.43. The Hall–Kier alpha value is -2.30. The van der Waals surface area contributed by atoms with Crippen LogP contribution in [-0.4, -0.2) is 46.7 Å². The van der Waals surface area contributed by atoms with E-state index >= 15 is 0 Å². The number of aliphatic imine (C=N–C) groups is 1. The summed E-state index contributed by atoms with van der Waals surface area (Å²) < 4.78 is 7.12. The van der Waals surface area contributed by atoms with Crippen molar-refractivity contribution in [1.82, 2.24) is 20.0 Å². The summed E-state index contributed by atoms with van der Waals surface area (Å²) in [6.45, 7) is 3.88. The van der Waals surface area contributed by atoms with Crippen LogP contribution in [0.3, 0.4) is 0 Å². The molecule has 0 fully saturated rings. The number of aromatic nitrogens is 2. The summed E-state index contributed by atoms with van der Waals surface area (Å²) in [5.41, 5.74) is 7.20. The summed E-state index contributed by atoms with van der Waals surface area (Å²) in [6.07, 6.45) is 3.83. The van der Waals surface area contributed by atoms with E-state index in [0.29, 0.717) is 18.8 Å². The summed E-state index contributed by atoms with van der Waals surface area (Å²) in [7, 11) is 3.89. The zero-order chi connectivity index (χ0) is 18.9. The molecule has 1 aromatic heterocycles. The van der Waals surface area contributed by atoms with Crippen molar-refractivity contribution in [2.24, 2.45) is 17.8 Å². The number of primary amides is 1. The highest BCUT2D eigenvalue weighted by atomic mass is 127. The number of ether oxygens (including phenoxy) is 1. The number of benzene rings is 1. The second-order valence-electron chi connectivity index (χ2n) is 5.95. The number of hydrogen-bond acceptors (Lipinski definition) is 4. The Morgan fingerprint density at radius 2 is 2.19 bits per heavy atom. The van der Waals surface area contributed by atoms with Crippen molar-refractivity contribution < 1.29 is 9.53 Å². The SMILES string of the molecule is CCNC(=NCc1cccc(OCC(N)=O)c1)N(C)Cc1cnn(C)c1.I. The lowest BCUT2D eigenvalue weighted by molar-refractivity contribution is -0.119. The van der Waals surface area contributed by atoms with Crippen LogP contribution in [0.4, 0.5) is 0 Å². The van der Waals surface area contributed by atoms with Gasteiger partial charge in [-0.25, -0.2) is 4.99 Å². The van der Waals surface area contributed by atoms with Gasteiger partial charge in [-0.05, 0) is 24.6 Å². The van der Waals surface area contributed by atoms with E-state index in [1.165, 1.54) is 0 Å². The van der Waals surface area contributed by atoms with Crippen molar-refractivity contribution in [1.29, 1.82) is 0 Å². The molecule has 0 aliphatic carbocycles. The van der Waals surface area contributed by atoms with Crippen LogP contribution in [0.2, 0.25) is 0 Å². The minimum absolute atomic E-state index is 0. The number of guanidine groups is 1. The minimum Gasteiger partial charge on any atom is -0.484 e. The minimum atomic E-state index is -0.500. The van der Waals surface area contributed by atoms with E-state index in [2.05, 4.69) is 15.4 Å². The number of nitrogens with two attached hydrogens (primary N) is 1. The lowest BCUT2D eigenvalue weighted by Gasteiger charge is -2.21. The van der Waals surface area contributed by atoms with Crippen LogP contribution in [0.25, 0.3) is 0 Å². The van der Waals surface area contributed by atoms with E-state index < -0.39 is 5.91 Å². The van der Waals surface area contributed by atoms with E-state index in [1.54, 1.807) is 10.7 Å². The van der Waals surface area contributed by atoms with Gasteiger partial charge < -0.3 is 20.7 Å². The highest BCUT2D eigenvalue weighted by Crippen LogP contribution is 2.14. The third-order valence-electron chi connectivity index (χ3n) is 3.57. The van der Waals surface area contributed by atoms with E-state index in [4.69, 9.17) is 10.5 Å². The number of nitrogens with zero attached hydrogens (tertiary/aromatic N) is 4. The largest absolute Gasteiger partial charge is 0.484 e. The van der Waals surface area contributed by atoms with Crippen molar-refractivity contribution in [2.75, 3.05) is 20.2 Å². The number of nitrogens with one attached hydrogen (secondary N) is 1. The molecule has 1 heterocycles. The summed E-state index contributed by atoms with van der Waals surface area (Å²) in [5.74, 6) is 0.907. The van der Waals surface area contributed by atoms with Crippen molar-refractivity contribution in [3.8, 4) is 5.75 Å². The number of amides is 1. The molecule has 1 amide bonds. The molecule has 0 aliphatic heterocycles. The number of carbonyl (C=O) groups is 1. The molecule has 0 radical (unpaired) electrons. The first-order valence-corrected chi connectivity index (χ1v) is 8.45. The Kier molecular flexibility index (Phi) is 9.62. The van der Waals surface area contributed by atoms with E-state index in [1.807, 2.05) is 56.5 Å². The van der Waals surface area contributed by atoms with Gasteiger partial charge in [0.05, 0.1) is 12.7 Å². The maximum atomic E-state index is 10.8. The Morgan fingerprint density at radius 1 is 1.41 bits per heavy atom. The van der Waals surface area contributed by atoms with Crippen molar-refractivity contribution in [2.45, 2.75) is 20.0 Å². The van der Waals surface area contributed by atoms with Gasteiger partial charge >= 0.3 is 0 Å². The lowest BCUT2D eigenvalue weighted by Crippen LogP contribution is -2.38. The zero-order valence-corrected chi connectivity index (χ0v) is 18.2. The van der Waals surface area contributed by atoms with Gasteiger partial charge in [0, 0.05) is 38.9 Å². The molecule has 0 unspecified atom stereocenters. The molecule has 0 aliphatic rings. The van der Waals surface area contributed by atoms with Gasteiger partial charge in [0.25, 0.3) is 5.91 Å². The monoisotopic (exact) mass is 486 g/mol. The van der Waals surface area contributed by atoms with Gasteiger partial charge in [-0.3, -0.25) is 9.48 Å². The van der Waals surface area contributed by atoms with Crippen molar-refractivity contribution >= 4 is 35.8 Å². The molecule has 9 heteroatoms. The van der Waals surface area contributed by atoms with E-state index in [0.717, 1.165) is 23.6 Å². The van der Waals surface area contributed by atoms with Crippen LogP contribution in [0.5, 0.6) is 5.75 Å². The predicted octanol–water partition coefficient (Wildman–Crippen LogP) is 1.50. The fraction of sp³-hybridized carbons (Fsp3) is 0.389. The molecule has 148 valence electrons. The third-order valence-corrected chi connectivity index (χ3v) is 3.57. The Morgan fingerprint density at radius 3 is 2.81 bits per heavy atom. The molecule has 8 nitrogen and oxygen atoms in total. The first-order valence-electron chi connectivity index (χ1n) is 8.45. The highest BCUT2D eigenvalue weighted by Gasteiger charge is 2.08. The summed E-state index contributed by atoms with van der Waals surface area (Å²) in [5, 5.41) is 7.48. The molecule has 27 heavy (non-hydrogen) atoms. The van der Waals surface area contributed by atoms with Gasteiger partial charge in [-0.1, -0.05) is 12.1 Å². The number of halogens is 1. The lowest BCUT2D eigenvalue weighted by atomic mass is 10.2. The van der Waals surface area contributed by atoms with Gasteiger partial charge in [0.15, 0.2) is 12.6 Å². The maximum Gasteiger partial charge on any atom is 0.255 e. The Bertz CT molecular complexity index is 762. The van der Waals surface area contributed by atoms with Crippen LogP contribution in [-0.2, 0) is 24.9 Å². The smallest absolute Gasteiger partial charge is 0.255 e. The van der Waals surface area contributed by atoms with Gasteiger partial charge in [0.2, 0.25) is 0 Å². The number of rotatable bonds is 8. The van der Waals surface area contributed by atoms with Crippen molar-refractivity contribution in [3.05, 3.63) is 47.8 Å². The standard InChI is InChI=1S/C18H26N6O2.HI/c1-4-20-18(23(2)11-15-10-22-24(3)12-15)21-9-14-6-5-7-16(8-14)26-13-17(19)25;/h5-8,10,12H,4,9,11,13H2,1-3H3,(H2,19,25)(H,20,21);1H. The summed E-state index contributed by atoms with van der Waals surface area (Å²) in [4.78, 5) is 17.6. The normalized spacial score (nSPS) is 10.9. The molecular formula is C18H27IN6O2. The quantitative estimate of drug-likeness (QED) is 0.335. The number of carbonyl (C=O) groups excluding carboxylic acids is 1. The average molecular weight is 486 g/mol. The van der Waals surface area contributed by atoms with Gasteiger partial charge in [-0.2, -0.15) is 5.10 Å². The van der Waals surface area contributed by atoms with Crippen LogP contribution in [0.1, 0.15) is 18.1 Å². The topological polar surface area (TPSA) is 97.8 Å². The number of hydrogen-bond donors (Lipinski definition) is 2. The second kappa shape index (κ2) is 11.4. The molecule has 2 aromatic rings. The molecular weight excluding hydrogens is 459 g/mol. The molecule has 2 rings (SSSR count). The molecule has 0 spiro atoms. The van der Waals surface area contributed by atoms with Gasteiger partial charge in [0.1, 0.15) is 5.75 Å². The van der Waals surface area contributed by atoms with Crippen LogP contribution in [0, 0.1) is 0 Å². The first-order chi connectivity index (χ1) is 12.5. The van der Waals surface area contributed by atoms with Crippen molar-refractivity contribution in [3.63, 3.8) is 0 Å². The second-order valence-corrected chi connectivity index (χ2v) is 5.95. The summed E-state index contributed by atoms with van der Waals surface area (Å²) in [6, 6.07) is 7.48. The molecule has 3 N–H and O–H groups in total. The molecule has 0 saturated heterocycles. The van der Waals surface area contributed by atoms with Crippen LogP contribution < -0.4 is 15.8 Å². The van der Waals surface area contributed by atoms with E-state index in [-0.39, 0.29) is 30.6 Å². The third kappa shape index (κ3) is 7.85. The molecule has 0 bridgehead atoms. The maximum absolute atomic E-state index is 10.8. The molecule has 0 atom stereocenters.